The lowest BCUT2D eigenvalue weighted by atomic mass is 9.95. The zero-order valence-corrected chi connectivity index (χ0v) is 11.4. The largest absolute Gasteiger partial charge is 0.496 e. The van der Waals surface area contributed by atoms with Crippen molar-refractivity contribution in [1.29, 1.82) is 0 Å². The van der Waals surface area contributed by atoms with E-state index in [-0.39, 0.29) is 0 Å². The normalized spacial score (nSPS) is 12.6. The minimum Gasteiger partial charge on any atom is -0.496 e. The summed E-state index contributed by atoms with van der Waals surface area (Å²) in [5.74, 6) is 1.47. The number of nitrogens with two attached hydrogens (primary N) is 1. The molecule has 0 spiro atoms. The Morgan fingerprint density at radius 3 is 2.62 bits per heavy atom. The standard InChI is InChI=1S/C13H21NOS/c1-9(7-8-14)12-11(16-4)6-5-10(2)13(12)15-3/h5-6,9H,7-8,14H2,1-4H3. The molecule has 1 aromatic carbocycles. The topological polar surface area (TPSA) is 35.2 Å². The summed E-state index contributed by atoms with van der Waals surface area (Å²) in [6.45, 7) is 5.01. The third-order valence-corrected chi connectivity index (χ3v) is 3.67. The van der Waals surface area contributed by atoms with E-state index in [9.17, 15) is 0 Å². The molecule has 0 fully saturated rings. The van der Waals surface area contributed by atoms with Crippen LogP contribution in [0.2, 0.25) is 0 Å². The predicted octanol–water partition coefficient (Wildman–Crippen LogP) is 3.18. The molecule has 1 aromatic rings. The highest BCUT2D eigenvalue weighted by atomic mass is 32.2. The third-order valence-electron chi connectivity index (χ3n) is 2.87. The van der Waals surface area contributed by atoms with E-state index in [0.717, 1.165) is 12.2 Å². The summed E-state index contributed by atoms with van der Waals surface area (Å²) < 4.78 is 5.53. The molecule has 1 atom stereocenters. The molecule has 0 heterocycles. The second kappa shape index (κ2) is 6.16. The van der Waals surface area contributed by atoms with Gasteiger partial charge >= 0.3 is 0 Å². The number of aryl methyl sites for hydroxylation is 1. The number of methoxy groups -OCH3 is 1. The van der Waals surface area contributed by atoms with E-state index in [4.69, 9.17) is 10.5 Å². The molecule has 1 rings (SSSR count). The van der Waals surface area contributed by atoms with Crippen molar-refractivity contribution in [3.05, 3.63) is 23.3 Å². The Morgan fingerprint density at radius 1 is 1.44 bits per heavy atom. The van der Waals surface area contributed by atoms with Crippen molar-refractivity contribution >= 4 is 11.8 Å². The first-order chi connectivity index (χ1) is 7.65. The molecule has 0 aliphatic heterocycles. The van der Waals surface area contributed by atoms with Gasteiger partial charge in [-0.25, -0.2) is 0 Å². The predicted molar refractivity (Wildman–Crippen MR) is 71.6 cm³/mol. The van der Waals surface area contributed by atoms with Crippen LogP contribution in [0.25, 0.3) is 0 Å². The zero-order valence-electron chi connectivity index (χ0n) is 10.5. The summed E-state index contributed by atoms with van der Waals surface area (Å²) in [4.78, 5) is 1.29. The summed E-state index contributed by atoms with van der Waals surface area (Å²) in [5, 5.41) is 0. The van der Waals surface area contributed by atoms with Gasteiger partial charge in [0.15, 0.2) is 0 Å². The fourth-order valence-corrected chi connectivity index (χ4v) is 2.72. The summed E-state index contributed by atoms with van der Waals surface area (Å²) >= 11 is 1.77. The van der Waals surface area contributed by atoms with Crippen molar-refractivity contribution < 1.29 is 4.74 Å². The van der Waals surface area contributed by atoms with E-state index in [1.807, 2.05) is 0 Å². The molecule has 0 amide bonds. The van der Waals surface area contributed by atoms with Crippen LogP contribution in [0.15, 0.2) is 17.0 Å². The molecule has 2 nitrogen and oxygen atoms in total. The molecule has 0 radical (unpaired) electrons. The number of benzene rings is 1. The van der Waals surface area contributed by atoms with Crippen LogP contribution in [0.5, 0.6) is 5.75 Å². The first-order valence-corrected chi connectivity index (χ1v) is 6.79. The van der Waals surface area contributed by atoms with Crippen LogP contribution in [-0.2, 0) is 0 Å². The molecule has 3 heteroatoms. The monoisotopic (exact) mass is 239 g/mol. The highest BCUT2D eigenvalue weighted by molar-refractivity contribution is 7.98. The van der Waals surface area contributed by atoms with Gasteiger partial charge in [-0.05, 0) is 43.7 Å². The maximum absolute atomic E-state index is 5.64. The van der Waals surface area contributed by atoms with Gasteiger partial charge in [0.1, 0.15) is 5.75 Å². The van der Waals surface area contributed by atoms with E-state index in [1.54, 1.807) is 18.9 Å². The summed E-state index contributed by atoms with van der Waals surface area (Å²) in [5.41, 5.74) is 8.14. The van der Waals surface area contributed by atoms with Crippen LogP contribution < -0.4 is 10.5 Å². The molecule has 0 saturated heterocycles. The van der Waals surface area contributed by atoms with Crippen LogP contribution in [0, 0.1) is 6.92 Å². The highest BCUT2D eigenvalue weighted by Crippen LogP contribution is 2.38. The smallest absolute Gasteiger partial charge is 0.126 e. The lowest BCUT2D eigenvalue weighted by Gasteiger charge is -2.20. The van der Waals surface area contributed by atoms with E-state index >= 15 is 0 Å². The molecule has 90 valence electrons. The number of thioether (sulfide) groups is 1. The molecular weight excluding hydrogens is 218 g/mol. The Bertz CT molecular complexity index is 352. The second-order valence-electron chi connectivity index (χ2n) is 4.01. The first-order valence-electron chi connectivity index (χ1n) is 5.57. The van der Waals surface area contributed by atoms with Gasteiger partial charge in [0.05, 0.1) is 7.11 Å². The van der Waals surface area contributed by atoms with Crippen molar-refractivity contribution in [3.63, 3.8) is 0 Å². The summed E-state index contributed by atoms with van der Waals surface area (Å²) in [6, 6.07) is 4.29. The minimum atomic E-state index is 0.447. The van der Waals surface area contributed by atoms with Gasteiger partial charge in [0, 0.05) is 10.5 Å². The first kappa shape index (κ1) is 13.4. The van der Waals surface area contributed by atoms with Gasteiger partial charge in [-0.3, -0.25) is 0 Å². The third kappa shape index (κ3) is 2.71. The lowest BCUT2D eigenvalue weighted by Crippen LogP contribution is -2.07. The van der Waals surface area contributed by atoms with Crippen LogP contribution >= 0.6 is 11.8 Å². The van der Waals surface area contributed by atoms with Crippen molar-refractivity contribution in [2.75, 3.05) is 19.9 Å². The zero-order chi connectivity index (χ0) is 12.1. The Balaban J connectivity index is 3.24. The summed E-state index contributed by atoms with van der Waals surface area (Å²) in [6.07, 6.45) is 3.09. The number of rotatable bonds is 5. The molecule has 0 aliphatic carbocycles. The van der Waals surface area contributed by atoms with Crippen molar-refractivity contribution in [2.45, 2.75) is 31.1 Å². The van der Waals surface area contributed by atoms with Gasteiger partial charge in [0.25, 0.3) is 0 Å². The Morgan fingerprint density at radius 2 is 2.12 bits per heavy atom. The average molecular weight is 239 g/mol. The van der Waals surface area contributed by atoms with Crippen LogP contribution in [0.3, 0.4) is 0 Å². The lowest BCUT2D eigenvalue weighted by molar-refractivity contribution is 0.400. The maximum atomic E-state index is 5.64. The second-order valence-corrected chi connectivity index (χ2v) is 4.86. The number of ether oxygens (including phenoxy) is 1. The fraction of sp³-hybridized carbons (Fsp3) is 0.538. The molecule has 16 heavy (non-hydrogen) atoms. The van der Waals surface area contributed by atoms with Gasteiger partial charge in [0.2, 0.25) is 0 Å². The SMILES string of the molecule is COc1c(C)ccc(SC)c1C(C)CCN. The van der Waals surface area contributed by atoms with Gasteiger partial charge in [-0.1, -0.05) is 13.0 Å². The molecule has 0 aliphatic rings. The van der Waals surface area contributed by atoms with E-state index in [1.165, 1.54) is 16.0 Å². The Labute approximate surface area is 103 Å². The highest BCUT2D eigenvalue weighted by Gasteiger charge is 2.17. The van der Waals surface area contributed by atoms with Gasteiger partial charge in [-0.2, -0.15) is 0 Å². The van der Waals surface area contributed by atoms with Crippen molar-refractivity contribution in [3.8, 4) is 5.75 Å². The maximum Gasteiger partial charge on any atom is 0.126 e. The van der Waals surface area contributed by atoms with Gasteiger partial charge in [-0.15, -0.1) is 11.8 Å². The molecule has 0 saturated carbocycles. The minimum absolute atomic E-state index is 0.447. The molecular formula is C13H21NOS. The van der Waals surface area contributed by atoms with Gasteiger partial charge < -0.3 is 10.5 Å². The Kier molecular flexibility index (Phi) is 5.16. The van der Waals surface area contributed by atoms with E-state index < -0.39 is 0 Å². The van der Waals surface area contributed by atoms with E-state index in [2.05, 4.69) is 32.2 Å². The Hall–Kier alpha value is -0.670. The average Bonchev–Trinajstić information content (AvgIpc) is 2.28. The van der Waals surface area contributed by atoms with Crippen molar-refractivity contribution in [1.82, 2.24) is 0 Å². The van der Waals surface area contributed by atoms with Crippen LogP contribution in [0.1, 0.15) is 30.4 Å². The molecule has 2 N–H and O–H groups in total. The van der Waals surface area contributed by atoms with E-state index in [0.29, 0.717) is 12.5 Å². The molecule has 1 unspecified atom stereocenters. The number of hydrogen-bond donors (Lipinski definition) is 1. The molecule has 0 aromatic heterocycles. The fourth-order valence-electron chi connectivity index (χ4n) is 2.00. The van der Waals surface area contributed by atoms with Crippen LogP contribution in [-0.4, -0.2) is 19.9 Å². The molecule has 0 bridgehead atoms. The van der Waals surface area contributed by atoms with Crippen molar-refractivity contribution in [2.24, 2.45) is 5.73 Å². The van der Waals surface area contributed by atoms with Crippen LogP contribution in [0.4, 0.5) is 0 Å². The number of hydrogen-bond acceptors (Lipinski definition) is 3. The summed E-state index contributed by atoms with van der Waals surface area (Å²) in [7, 11) is 1.74. The quantitative estimate of drug-likeness (QED) is 0.802.